The third-order valence-corrected chi connectivity index (χ3v) is 3.72. The van der Waals surface area contributed by atoms with E-state index in [0.717, 1.165) is 0 Å². The molecule has 2 amide bonds. The number of hydrogen-bond acceptors (Lipinski definition) is 4. The monoisotopic (exact) mass is 319 g/mol. The van der Waals surface area contributed by atoms with Crippen LogP contribution in [0, 0.1) is 0 Å². The van der Waals surface area contributed by atoms with Gasteiger partial charge < -0.3 is 20.3 Å². The Kier molecular flexibility index (Phi) is 6.12. The van der Waals surface area contributed by atoms with Gasteiger partial charge in [0.25, 0.3) is 5.91 Å². The van der Waals surface area contributed by atoms with Crippen molar-refractivity contribution in [3.05, 3.63) is 29.8 Å². The van der Waals surface area contributed by atoms with Gasteiger partial charge in [-0.3, -0.25) is 9.59 Å². The smallest absolute Gasteiger partial charge is 0.254 e. The minimum absolute atomic E-state index is 0.0000551. The number of ether oxygens (including phenoxy) is 1. The maximum Gasteiger partial charge on any atom is 0.254 e. The SMILES string of the molecule is CNCCC(=O)Nc1ccc(C(=O)N2CC(C)OC(C)C2)cc1. The summed E-state index contributed by atoms with van der Waals surface area (Å²) in [5, 5.41) is 5.74. The van der Waals surface area contributed by atoms with E-state index in [2.05, 4.69) is 10.6 Å². The number of morpholine rings is 1. The molecule has 2 rings (SSSR count). The Balaban J connectivity index is 1.96. The highest BCUT2D eigenvalue weighted by atomic mass is 16.5. The predicted octanol–water partition coefficient (Wildman–Crippen LogP) is 1.48. The lowest BCUT2D eigenvalue weighted by atomic mass is 10.1. The van der Waals surface area contributed by atoms with Gasteiger partial charge in [-0.05, 0) is 45.2 Å². The van der Waals surface area contributed by atoms with Gasteiger partial charge >= 0.3 is 0 Å². The molecule has 0 radical (unpaired) electrons. The lowest BCUT2D eigenvalue weighted by molar-refractivity contribution is -0.116. The van der Waals surface area contributed by atoms with Gasteiger partial charge in [-0.25, -0.2) is 0 Å². The molecule has 1 aliphatic rings. The normalized spacial score (nSPS) is 21.1. The van der Waals surface area contributed by atoms with E-state index < -0.39 is 0 Å². The van der Waals surface area contributed by atoms with Gasteiger partial charge in [-0.2, -0.15) is 0 Å². The van der Waals surface area contributed by atoms with E-state index in [1.165, 1.54) is 0 Å². The summed E-state index contributed by atoms with van der Waals surface area (Å²) in [5.74, 6) is -0.0469. The Labute approximate surface area is 137 Å². The number of nitrogens with zero attached hydrogens (tertiary/aromatic N) is 1. The van der Waals surface area contributed by atoms with E-state index in [9.17, 15) is 9.59 Å². The Morgan fingerprint density at radius 1 is 1.17 bits per heavy atom. The van der Waals surface area contributed by atoms with Crippen LogP contribution >= 0.6 is 0 Å². The van der Waals surface area contributed by atoms with Gasteiger partial charge in [0.1, 0.15) is 0 Å². The first kappa shape index (κ1) is 17.4. The van der Waals surface area contributed by atoms with Gasteiger partial charge in [0.15, 0.2) is 0 Å². The van der Waals surface area contributed by atoms with Crippen molar-refractivity contribution >= 4 is 17.5 Å². The predicted molar refractivity (Wildman–Crippen MR) is 89.5 cm³/mol. The minimum Gasteiger partial charge on any atom is -0.372 e. The number of amides is 2. The Bertz CT molecular complexity index is 535. The average molecular weight is 319 g/mol. The van der Waals surface area contributed by atoms with Gasteiger partial charge in [0.2, 0.25) is 5.91 Å². The largest absolute Gasteiger partial charge is 0.372 e. The molecular weight excluding hydrogens is 294 g/mol. The molecule has 6 nitrogen and oxygen atoms in total. The fraction of sp³-hybridized carbons (Fsp3) is 0.529. The van der Waals surface area contributed by atoms with Gasteiger partial charge in [-0.15, -0.1) is 0 Å². The van der Waals surface area contributed by atoms with Crippen molar-refractivity contribution < 1.29 is 14.3 Å². The Morgan fingerprint density at radius 3 is 2.35 bits per heavy atom. The van der Waals surface area contributed by atoms with Crippen molar-refractivity contribution in [2.24, 2.45) is 0 Å². The second-order valence-corrected chi connectivity index (χ2v) is 5.95. The molecule has 0 spiro atoms. The maximum absolute atomic E-state index is 12.5. The fourth-order valence-electron chi connectivity index (χ4n) is 2.68. The van der Waals surface area contributed by atoms with E-state index >= 15 is 0 Å². The second-order valence-electron chi connectivity index (χ2n) is 5.95. The molecule has 0 aromatic heterocycles. The standard InChI is InChI=1S/C17H25N3O3/c1-12-10-20(11-13(2)23-12)17(22)14-4-6-15(7-5-14)19-16(21)8-9-18-3/h4-7,12-13,18H,8-11H2,1-3H3,(H,19,21). The highest BCUT2D eigenvalue weighted by molar-refractivity contribution is 5.96. The van der Waals surface area contributed by atoms with Crippen molar-refractivity contribution in [2.45, 2.75) is 32.5 Å². The Hall–Kier alpha value is -1.92. The highest BCUT2D eigenvalue weighted by Gasteiger charge is 2.26. The van der Waals surface area contributed by atoms with Gasteiger partial charge in [0, 0.05) is 37.3 Å². The number of benzene rings is 1. The van der Waals surface area contributed by atoms with Crippen LogP contribution in [0.5, 0.6) is 0 Å². The lowest BCUT2D eigenvalue weighted by Gasteiger charge is -2.35. The van der Waals surface area contributed by atoms with E-state index in [1.54, 1.807) is 31.3 Å². The minimum atomic E-state index is -0.0470. The van der Waals surface area contributed by atoms with E-state index in [4.69, 9.17) is 4.74 Å². The summed E-state index contributed by atoms with van der Waals surface area (Å²) in [6.45, 7) is 5.78. The molecule has 1 heterocycles. The number of hydrogen-bond donors (Lipinski definition) is 2. The van der Waals surface area contributed by atoms with Crippen molar-refractivity contribution in [3.63, 3.8) is 0 Å². The maximum atomic E-state index is 12.5. The van der Waals surface area contributed by atoms with Crippen LogP contribution in [0.15, 0.2) is 24.3 Å². The lowest BCUT2D eigenvalue weighted by Crippen LogP contribution is -2.48. The summed E-state index contributed by atoms with van der Waals surface area (Å²) in [4.78, 5) is 26.0. The van der Waals surface area contributed by atoms with Crippen molar-refractivity contribution in [3.8, 4) is 0 Å². The van der Waals surface area contributed by atoms with Crippen LogP contribution in [0.2, 0.25) is 0 Å². The Morgan fingerprint density at radius 2 is 1.78 bits per heavy atom. The summed E-state index contributed by atoms with van der Waals surface area (Å²) in [6, 6.07) is 7.03. The first-order valence-corrected chi connectivity index (χ1v) is 7.99. The zero-order chi connectivity index (χ0) is 16.8. The van der Waals surface area contributed by atoms with E-state index in [0.29, 0.717) is 37.3 Å². The van der Waals surface area contributed by atoms with Crippen LogP contribution < -0.4 is 10.6 Å². The van der Waals surface area contributed by atoms with Crippen LogP contribution in [0.25, 0.3) is 0 Å². The first-order chi connectivity index (χ1) is 11.0. The summed E-state index contributed by atoms with van der Waals surface area (Å²) < 4.78 is 5.65. The summed E-state index contributed by atoms with van der Waals surface area (Å²) >= 11 is 0. The molecule has 0 bridgehead atoms. The zero-order valence-electron chi connectivity index (χ0n) is 14.0. The van der Waals surface area contributed by atoms with Crippen molar-refractivity contribution in [2.75, 3.05) is 32.0 Å². The highest BCUT2D eigenvalue weighted by Crippen LogP contribution is 2.16. The van der Waals surface area contributed by atoms with Crippen LogP contribution in [0.3, 0.4) is 0 Å². The van der Waals surface area contributed by atoms with Crippen LogP contribution in [-0.2, 0) is 9.53 Å². The molecule has 1 aromatic carbocycles. The molecule has 1 fully saturated rings. The van der Waals surface area contributed by atoms with Crippen molar-refractivity contribution in [1.29, 1.82) is 0 Å². The molecule has 6 heteroatoms. The van der Waals surface area contributed by atoms with Crippen molar-refractivity contribution in [1.82, 2.24) is 10.2 Å². The fourth-order valence-corrected chi connectivity index (χ4v) is 2.68. The quantitative estimate of drug-likeness (QED) is 0.862. The molecule has 1 aromatic rings. The van der Waals surface area contributed by atoms with E-state index in [1.807, 2.05) is 18.7 Å². The summed E-state index contributed by atoms with van der Waals surface area (Å²) in [7, 11) is 1.81. The van der Waals surface area contributed by atoms with Crippen LogP contribution in [0.1, 0.15) is 30.6 Å². The van der Waals surface area contributed by atoms with Gasteiger partial charge in [0.05, 0.1) is 12.2 Å². The molecule has 1 saturated heterocycles. The van der Waals surface area contributed by atoms with Gasteiger partial charge in [-0.1, -0.05) is 0 Å². The topological polar surface area (TPSA) is 70.7 Å². The number of rotatable bonds is 5. The first-order valence-electron chi connectivity index (χ1n) is 7.99. The number of carbonyl (C=O) groups is 2. The number of anilines is 1. The molecule has 0 saturated carbocycles. The van der Waals surface area contributed by atoms with Crippen LogP contribution in [0.4, 0.5) is 5.69 Å². The number of carbonyl (C=O) groups excluding carboxylic acids is 2. The van der Waals surface area contributed by atoms with Crippen LogP contribution in [-0.4, -0.2) is 55.6 Å². The zero-order valence-corrected chi connectivity index (χ0v) is 14.0. The molecule has 23 heavy (non-hydrogen) atoms. The summed E-state index contributed by atoms with van der Waals surface area (Å²) in [5.41, 5.74) is 1.32. The molecule has 2 atom stereocenters. The molecule has 2 N–H and O–H groups in total. The molecule has 126 valence electrons. The molecule has 2 unspecified atom stereocenters. The summed E-state index contributed by atoms with van der Waals surface area (Å²) in [6.07, 6.45) is 0.516. The third-order valence-electron chi connectivity index (χ3n) is 3.72. The van der Waals surface area contributed by atoms with E-state index in [-0.39, 0.29) is 24.0 Å². The number of nitrogens with one attached hydrogen (secondary N) is 2. The molecule has 1 aliphatic heterocycles. The average Bonchev–Trinajstić information content (AvgIpc) is 2.52. The molecule has 0 aliphatic carbocycles. The second kappa shape index (κ2) is 8.08. The third kappa shape index (κ3) is 5.04. The molecular formula is C17H25N3O3.